The van der Waals surface area contributed by atoms with Gasteiger partial charge in [-0.15, -0.1) is 0 Å². The van der Waals surface area contributed by atoms with Gasteiger partial charge in [0.1, 0.15) is 6.61 Å². The van der Waals surface area contributed by atoms with Crippen molar-refractivity contribution in [2.24, 2.45) is 0 Å². The number of anilines is 1. The van der Waals surface area contributed by atoms with E-state index in [1.54, 1.807) is 4.90 Å². The number of hydrogen-bond donors (Lipinski definition) is 0. The van der Waals surface area contributed by atoms with E-state index in [2.05, 4.69) is 0 Å². The van der Waals surface area contributed by atoms with Crippen molar-refractivity contribution in [1.82, 2.24) is 0 Å². The van der Waals surface area contributed by atoms with Crippen molar-refractivity contribution in [2.45, 2.75) is 13.5 Å². The molecule has 0 spiro atoms. The number of thioether (sulfide) groups is 1. The van der Waals surface area contributed by atoms with Crippen molar-refractivity contribution < 1.29 is 14.3 Å². The summed E-state index contributed by atoms with van der Waals surface area (Å²) in [4.78, 5) is 15.1. The number of carbonyl (C=O) groups is 1. The van der Waals surface area contributed by atoms with Crippen LogP contribution in [0.2, 0.25) is 5.02 Å². The van der Waals surface area contributed by atoms with Crippen LogP contribution in [0.4, 0.5) is 5.69 Å². The third kappa shape index (κ3) is 5.15. The van der Waals surface area contributed by atoms with Crippen LogP contribution in [0.15, 0.2) is 77.7 Å². The lowest BCUT2D eigenvalue weighted by Crippen LogP contribution is -2.27. The molecule has 4 nitrogen and oxygen atoms in total. The summed E-state index contributed by atoms with van der Waals surface area (Å²) in [6, 6.07) is 22.5. The highest BCUT2D eigenvalue weighted by Gasteiger charge is 2.33. The molecule has 0 bridgehead atoms. The van der Waals surface area contributed by atoms with E-state index in [0.29, 0.717) is 39.0 Å². The van der Waals surface area contributed by atoms with Crippen LogP contribution in [0.3, 0.4) is 0 Å². The maximum absolute atomic E-state index is 13.0. The number of nitrogens with zero attached hydrogens (tertiary/aromatic N) is 1. The van der Waals surface area contributed by atoms with Crippen LogP contribution >= 0.6 is 35.6 Å². The number of rotatable bonds is 7. The first-order valence-corrected chi connectivity index (χ1v) is 11.6. The number of carbonyl (C=O) groups excluding carboxylic acids is 1. The minimum atomic E-state index is -0.132. The zero-order chi connectivity index (χ0) is 22.5. The minimum absolute atomic E-state index is 0.132. The second-order valence-corrected chi connectivity index (χ2v) is 9.02. The third-order valence-corrected chi connectivity index (χ3v) is 6.24. The molecule has 0 unspecified atom stereocenters. The fraction of sp³-hybridized carbons (Fsp3) is 0.120. The van der Waals surface area contributed by atoms with E-state index in [4.69, 9.17) is 33.3 Å². The predicted molar refractivity (Wildman–Crippen MR) is 135 cm³/mol. The van der Waals surface area contributed by atoms with Gasteiger partial charge < -0.3 is 9.47 Å². The Kier molecular flexibility index (Phi) is 7.15. The van der Waals surface area contributed by atoms with E-state index in [1.807, 2.05) is 85.8 Å². The molecule has 1 saturated heterocycles. The van der Waals surface area contributed by atoms with E-state index < -0.39 is 0 Å². The van der Waals surface area contributed by atoms with Gasteiger partial charge in [-0.3, -0.25) is 9.69 Å². The average molecular weight is 482 g/mol. The summed E-state index contributed by atoms with van der Waals surface area (Å²) in [5, 5.41) is 0.686. The Balaban J connectivity index is 1.54. The van der Waals surface area contributed by atoms with Crippen LogP contribution in [-0.4, -0.2) is 16.8 Å². The molecule has 4 rings (SSSR count). The number of amides is 1. The highest BCUT2D eigenvalue weighted by atomic mass is 35.5. The van der Waals surface area contributed by atoms with E-state index >= 15 is 0 Å². The molecule has 0 radical (unpaired) electrons. The standard InChI is InChI=1S/C25H20ClNO3S2/c1-2-29-22-14-18(10-13-21(22)30-16-17-8-11-19(26)12-9-17)15-23-24(28)27(25(31)32-23)20-6-4-3-5-7-20/h3-15H,2,16H2,1H3. The van der Waals surface area contributed by atoms with Crippen molar-refractivity contribution in [1.29, 1.82) is 0 Å². The Hall–Kier alpha value is -2.80. The van der Waals surface area contributed by atoms with E-state index in [0.717, 1.165) is 16.8 Å². The number of thiocarbonyl (C=S) groups is 1. The zero-order valence-electron chi connectivity index (χ0n) is 17.3. The molecule has 1 fully saturated rings. The molecule has 3 aromatic rings. The van der Waals surface area contributed by atoms with Crippen LogP contribution in [0.25, 0.3) is 6.08 Å². The molecule has 0 N–H and O–H groups in total. The summed E-state index contributed by atoms with van der Waals surface area (Å²) in [6.45, 7) is 2.81. The van der Waals surface area contributed by atoms with Crippen LogP contribution < -0.4 is 14.4 Å². The highest BCUT2D eigenvalue weighted by Crippen LogP contribution is 2.37. The lowest BCUT2D eigenvalue weighted by Gasteiger charge is -2.14. The minimum Gasteiger partial charge on any atom is -0.490 e. The summed E-state index contributed by atoms with van der Waals surface area (Å²) >= 11 is 12.7. The molecule has 1 amide bonds. The molecule has 3 aromatic carbocycles. The molecule has 1 aliphatic rings. The summed E-state index contributed by atoms with van der Waals surface area (Å²) in [5.74, 6) is 1.12. The van der Waals surface area contributed by atoms with Crippen molar-refractivity contribution in [2.75, 3.05) is 11.5 Å². The van der Waals surface area contributed by atoms with Crippen LogP contribution in [0.1, 0.15) is 18.1 Å². The van der Waals surface area contributed by atoms with Crippen molar-refractivity contribution in [3.05, 3.63) is 93.9 Å². The second kappa shape index (κ2) is 10.2. The highest BCUT2D eigenvalue weighted by molar-refractivity contribution is 8.27. The Labute approximate surface area is 201 Å². The quantitative estimate of drug-likeness (QED) is 0.276. The maximum atomic E-state index is 13.0. The molecule has 0 aromatic heterocycles. The average Bonchev–Trinajstić information content (AvgIpc) is 3.08. The topological polar surface area (TPSA) is 38.8 Å². The molecular formula is C25H20ClNO3S2. The Bertz CT molecular complexity index is 1160. The molecule has 0 atom stereocenters. The second-order valence-electron chi connectivity index (χ2n) is 6.91. The van der Waals surface area contributed by atoms with Crippen LogP contribution in [-0.2, 0) is 11.4 Å². The van der Waals surface area contributed by atoms with Crippen LogP contribution in [0, 0.1) is 0 Å². The predicted octanol–water partition coefficient (Wildman–Crippen LogP) is 6.72. The maximum Gasteiger partial charge on any atom is 0.270 e. The lowest BCUT2D eigenvalue weighted by atomic mass is 10.1. The number of para-hydroxylation sites is 1. The molecule has 0 aliphatic carbocycles. The third-order valence-electron chi connectivity index (χ3n) is 4.68. The molecule has 162 valence electrons. The largest absolute Gasteiger partial charge is 0.490 e. The summed E-state index contributed by atoms with van der Waals surface area (Å²) in [6.07, 6.45) is 1.83. The van der Waals surface area contributed by atoms with Gasteiger partial charge in [0.25, 0.3) is 5.91 Å². The summed E-state index contributed by atoms with van der Waals surface area (Å²) < 4.78 is 12.3. The van der Waals surface area contributed by atoms with E-state index in [1.165, 1.54) is 11.8 Å². The molecule has 1 aliphatic heterocycles. The van der Waals surface area contributed by atoms with Gasteiger partial charge in [-0.1, -0.05) is 72.0 Å². The first kappa shape index (κ1) is 22.4. The van der Waals surface area contributed by atoms with Gasteiger partial charge in [0.2, 0.25) is 0 Å². The Morgan fingerprint density at radius 1 is 1.00 bits per heavy atom. The van der Waals surface area contributed by atoms with Gasteiger partial charge in [-0.2, -0.15) is 0 Å². The lowest BCUT2D eigenvalue weighted by molar-refractivity contribution is -0.113. The fourth-order valence-corrected chi connectivity index (χ4v) is 4.59. The monoisotopic (exact) mass is 481 g/mol. The number of ether oxygens (including phenoxy) is 2. The van der Waals surface area contributed by atoms with Gasteiger partial charge in [-0.05, 0) is 60.5 Å². The smallest absolute Gasteiger partial charge is 0.270 e. The summed E-state index contributed by atoms with van der Waals surface area (Å²) in [5.41, 5.74) is 2.60. The fourth-order valence-electron chi connectivity index (χ4n) is 3.16. The number of benzene rings is 3. The zero-order valence-corrected chi connectivity index (χ0v) is 19.7. The molecular weight excluding hydrogens is 462 g/mol. The molecule has 7 heteroatoms. The first-order valence-electron chi connectivity index (χ1n) is 10.0. The van der Waals surface area contributed by atoms with E-state index in [-0.39, 0.29) is 5.91 Å². The van der Waals surface area contributed by atoms with Gasteiger partial charge >= 0.3 is 0 Å². The van der Waals surface area contributed by atoms with Crippen molar-refractivity contribution in [3.63, 3.8) is 0 Å². The molecule has 1 heterocycles. The Morgan fingerprint density at radius 3 is 2.47 bits per heavy atom. The van der Waals surface area contributed by atoms with Gasteiger partial charge in [0, 0.05) is 5.02 Å². The Morgan fingerprint density at radius 2 is 1.75 bits per heavy atom. The van der Waals surface area contributed by atoms with Crippen molar-refractivity contribution >= 4 is 57.6 Å². The number of hydrogen-bond acceptors (Lipinski definition) is 5. The van der Waals surface area contributed by atoms with Crippen LogP contribution in [0.5, 0.6) is 11.5 Å². The molecule has 32 heavy (non-hydrogen) atoms. The number of halogens is 1. The summed E-state index contributed by atoms with van der Waals surface area (Å²) in [7, 11) is 0. The van der Waals surface area contributed by atoms with Gasteiger partial charge in [-0.25, -0.2) is 0 Å². The van der Waals surface area contributed by atoms with Crippen molar-refractivity contribution in [3.8, 4) is 11.5 Å². The van der Waals surface area contributed by atoms with Gasteiger partial charge in [0.15, 0.2) is 15.8 Å². The molecule has 0 saturated carbocycles. The normalized spacial score (nSPS) is 14.8. The van der Waals surface area contributed by atoms with E-state index in [9.17, 15) is 4.79 Å². The first-order chi connectivity index (χ1) is 15.5. The SMILES string of the molecule is CCOc1cc(C=C2SC(=S)N(c3ccccc3)C2=O)ccc1OCc1ccc(Cl)cc1. The van der Waals surface area contributed by atoms with Gasteiger partial charge in [0.05, 0.1) is 17.2 Å².